The van der Waals surface area contributed by atoms with Gasteiger partial charge in [0.15, 0.2) is 0 Å². The summed E-state index contributed by atoms with van der Waals surface area (Å²) in [5, 5.41) is 3.15. The molecule has 1 N–H and O–H groups in total. The molecule has 0 radical (unpaired) electrons. The SMILES string of the molecule is COC(=O)c1cc(F)cc(-c2cccc3c2OCNC3)c1N1CCOCC1. The van der Waals surface area contributed by atoms with Crippen molar-refractivity contribution in [1.82, 2.24) is 5.32 Å². The molecule has 2 aliphatic rings. The smallest absolute Gasteiger partial charge is 0.340 e. The van der Waals surface area contributed by atoms with Gasteiger partial charge in [0.25, 0.3) is 0 Å². The Kier molecular flexibility index (Phi) is 4.96. The van der Waals surface area contributed by atoms with E-state index in [2.05, 4.69) is 5.32 Å². The standard InChI is InChI=1S/C20H21FN2O4/c1-25-20(24)17-10-14(21)9-16(18(17)23-5-7-26-8-6-23)15-4-2-3-13-11-22-12-27-19(13)15/h2-4,9-10,22H,5-8,11-12H2,1H3. The lowest BCUT2D eigenvalue weighted by Crippen LogP contribution is -2.37. The van der Waals surface area contributed by atoms with E-state index < -0.39 is 11.8 Å². The highest BCUT2D eigenvalue weighted by Gasteiger charge is 2.27. The van der Waals surface area contributed by atoms with E-state index in [1.165, 1.54) is 19.2 Å². The minimum absolute atomic E-state index is 0.209. The summed E-state index contributed by atoms with van der Waals surface area (Å²) in [4.78, 5) is 14.5. The Bertz CT molecular complexity index is 865. The van der Waals surface area contributed by atoms with Gasteiger partial charge >= 0.3 is 5.97 Å². The molecule has 0 aromatic heterocycles. The Hall–Kier alpha value is -2.64. The quantitative estimate of drug-likeness (QED) is 0.836. The summed E-state index contributed by atoms with van der Waals surface area (Å²) in [5.74, 6) is -0.342. The number of nitrogens with one attached hydrogen (secondary N) is 1. The number of ether oxygens (including phenoxy) is 3. The molecular weight excluding hydrogens is 351 g/mol. The fourth-order valence-electron chi connectivity index (χ4n) is 3.61. The summed E-state index contributed by atoms with van der Waals surface area (Å²) < 4.78 is 30.7. The minimum atomic E-state index is -0.565. The van der Waals surface area contributed by atoms with E-state index in [0.717, 1.165) is 11.1 Å². The summed E-state index contributed by atoms with van der Waals surface area (Å²) in [6, 6.07) is 8.47. The van der Waals surface area contributed by atoms with E-state index in [4.69, 9.17) is 14.2 Å². The van der Waals surface area contributed by atoms with Gasteiger partial charge in [0.05, 0.1) is 31.6 Å². The first-order chi connectivity index (χ1) is 13.2. The van der Waals surface area contributed by atoms with Gasteiger partial charge in [-0.05, 0) is 12.1 Å². The maximum absolute atomic E-state index is 14.5. The van der Waals surface area contributed by atoms with Crippen molar-refractivity contribution in [3.8, 4) is 16.9 Å². The summed E-state index contributed by atoms with van der Waals surface area (Å²) in [6.45, 7) is 3.38. The fraction of sp³-hybridized carbons (Fsp3) is 0.350. The first-order valence-corrected chi connectivity index (χ1v) is 8.89. The van der Waals surface area contributed by atoms with Crippen LogP contribution >= 0.6 is 0 Å². The van der Waals surface area contributed by atoms with Crippen molar-refractivity contribution in [2.75, 3.05) is 45.0 Å². The number of carbonyl (C=O) groups excluding carboxylic acids is 1. The molecule has 2 aliphatic heterocycles. The van der Waals surface area contributed by atoms with Gasteiger partial charge in [-0.3, -0.25) is 5.32 Å². The highest BCUT2D eigenvalue weighted by atomic mass is 19.1. The van der Waals surface area contributed by atoms with Crippen LogP contribution in [-0.4, -0.2) is 46.1 Å². The lowest BCUT2D eigenvalue weighted by atomic mass is 9.95. The predicted octanol–water partition coefficient (Wildman–Crippen LogP) is 2.56. The number of methoxy groups -OCH3 is 1. The number of halogens is 1. The lowest BCUT2D eigenvalue weighted by Gasteiger charge is -2.32. The molecule has 1 saturated heterocycles. The number of fused-ring (bicyclic) bond motifs is 1. The van der Waals surface area contributed by atoms with Gasteiger partial charge in [-0.15, -0.1) is 0 Å². The van der Waals surface area contributed by atoms with Gasteiger partial charge in [-0.1, -0.05) is 18.2 Å². The molecule has 1 fully saturated rings. The number of para-hydroxylation sites is 1. The third-order valence-corrected chi connectivity index (χ3v) is 4.83. The monoisotopic (exact) mass is 372 g/mol. The molecule has 0 unspecified atom stereocenters. The number of rotatable bonds is 3. The van der Waals surface area contributed by atoms with Crippen LogP contribution in [0.1, 0.15) is 15.9 Å². The molecule has 0 aliphatic carbocycles. The van der Waals surface area contributed by atoms with E-state index in [1.807, 2.05) is 23.1 Å². The molecular formula is C20H21FN2O4. The first-order valence-electron chi connectivity index (χ1n) is 8.89. The maximum Gasteiger partial charge on any atom is 0.340 e. The summed E-state index contributed by atoms with van der Waals surface area (Å²) >= 11 is 0. The van der Waals surface area contributed by atoms with Crippen LogP contribution in [0.4, 0.5) is 10.1 Å². The van der Waals surface area contributed by atoms with Gasteiger partial charge in [-0.2, -0.15) is 0 Å². The minimum Gasteiger partial charge on any atom is -0.477 e. The van der Waals surface area contributed by atoms with E-state index in [-0.39, 0.29) is 5.56 Å². The van der Waals surface area contributed by atoms with Crippen LogP contribution in [-0.2, 0) is 16.0 Å². The Morgan fingerprint density at radius 2 is 2.04 bits per heavy atom. The molecule has 0 bridgehead atoms. The number of esters is 1. The van der Waals surface area contributed by atoms with Gasteiger partial charge in [-0.25, -0.2) is 9.18 Å². The zero-order chi connectivity index (χ0) is 18.8. The molecule has 6 nitrogen and oxygen atoms in total. The lowest BCUT2D eigenvalue weighted by molar-refractivity contribution is 0.0600. The van der Waals surface area contributed by atoms with Crippen LogP contribution in [0.5, 0.6) is 5.75 Å². The second-order valence-electron chi connectivity index (χ2n) is 6.45. The Morgan fingerprint density at radius 1 is 1.22 bits per heavy atom. The molecule has 2 aromatic rings. The first kappa shape index (κ1) is 17.8. The number of benzene rings is 2. The van der Waals surface area contributed by atoms with E-state index in [0.29, 0.717) is 56.6 Å². The zero-order valence-corrected chi connectivity index (χ0v) is 15.1. The van der Waals surface area contributed by atoms with E-state index >= 15 is 0 Å². The van der Waals surface area contributed by atoms with E-state index in [1.54, 1.807) is 0 Å². The fourth-order valence-corrected chi connectivity index (χ4v) is 3.61. The Balaban J connectivity index is 1.94. The Morgan fingerprint density at radius 3 is 2.81 bits per heavy atom. The van der Waals surface area contributed by atoms with Crippen molar-refractivity contribution in [2.24, 2.45) is 0 Å². The molecule has 0 spiro atoms. The van der Waals surface area contributed by atoms with Crippen LogP contribution in [0, 0.1) is 5.82 Å². The summed E-state index contributed by atoms with van der Waals surface area (Å²) in [7, 11) is 1.30. The second-order valence-corrected chi connectivity index (χ2v) is 6.45. The predicted molar refractivity (Wildman–Crippen MR) is 98.5 cm³/mol. The molecule has 27 heavy (non-hydrogen) atoms. The van der Waals surface area contributed by atoms with Crippen molar-refractivity contribution in [3.05, 3.63) is 47.3 Å². The summed E-state index contributed by atoms with van der Waals surface area (Å²) in [6.07, 6.45) is 0. The van der Waals surface area contributed by atoms with Gasteiger partial charge in [0, 0.05) is 36.3 Å². The van der Waals surface area contributed by atoms with Gasteiger partial charge < -0.3 is 19.1 Å². The average molecular weight is 372 g/mol. The van der Waals surface area contributed by atoms with Crippen molar-refractivity contribution in [1.29, 1.82) is 0 Å². The Labute approximate surface area is 156 Å². The largest absolute Gasteiger partial charge is 0.477 e. The van der Waals surface area contributed by atoms with Crippen LogP contribution in [0.2, 0.25) is 0 Å². The highest BCUT2D eigenvalue weighted by molar-refractivity contribution is 6.01. The third-order valence-electron chi connectivity index (χ3n) is 4.83. The van der Waals surface area contributed by atoms with Crippen molar-refractivity contribution in [2.45, 2.75) is 6.54 Å². The third kappa shape index (κ3) is 3.36. The number of anilines is 1. The van der Waals surface area contributed by atoms with Crippen LogP contribution in [0.3, 0.4) is 0 Å². The molecule has 0 amide bonds. The number of carbonyl (C=O) groups is 1. The zero-order valence-electron chi connectivity index (χ0n) is 15.1. The number of nitrogens with zero attached hydrogens (tertiary/aromatic N) is 1. The molecule has 0 atom stereocenters. The molecule has 142 valence electrons. The molecule has 4 rings (SSSR count). The summed E-state index contributed by atoms with van der Waals surface area (Å²) in [5.41, 5.74) is 3.25. The van der Waals surface area contributed by atoms with Crippen molar-refractivity contribution >= 4 is 11.7 Å². The van der Waals surface area contributed by atoms with Crippen molar-refractivity contribution in [3.63, 3.8) is 0 Å². The van der Waals surface area contributed by atoms with E-state index in [9.17, 15) is 9.18 Å². The maximum atomic E-state index is 14.5. The van der Waals surface area contributed by atoms with Crippen LogP contribution in [0.15, 0.2) is 30.3 Å². The average Bonchev–Trinajstić information content (AvgIpc) is 2.72. The molecule has 2 heterocycles. The van der Waals surface area contributed by atoms with Crippen LogP contribution < -0.4 is 15.0 Å². The second kappa shape index (κ2) is 7.54. The van der Waals surface area contributed by atoms with Crippen LogP contribution in [0.25, 0.3) is 11.1 Å². The number of hydrogen-bond acceptors (Lipinski definition) is 6. The van der Waals surface area contributed by atoms with Gasteiger partial charge in [0.1, 0.15) is 18.3 Å². The normalized spacial score (nSPS) is 16.4. The van der Waals surface area contributed by atoms with Crippen molar-refractivity contribution < 1.29 is 23.4 Å². The molecule has 7 heteroatoms. The highest BCUT2D eigenvalue weighted by Crippen LogP contribution is 2.42. The topological polar surface area (TPSA) is 60.0 Å². The van der Waals surface area contributed by atoms with Gasteiger partial charge in [0.2, 0.25) is 0 Å². The molecule has 2 aromatic carbocycles. The number of morpholine rings is 1. The molecule has 0 saturated carbocycles. The number of hydrogen-bond donors (Lipinski definition) is 1.